The van der Waals surface area contributed by atoms with Crippen LogP contribution in [0.15, 0.2) is 53.5 Å². The molecule has 1 aliphatic rings. The number of ether oxygens (including phenoxy) is 2. The largest absolute Gasteiger partial charge is 0.496 e. The molecular formula is C18H20N2O2. The molecule has 2 aromatic carbocycles. The normalized spacial score (nSPS) is 13.6. The van der Waals surface area contributed by atoms with Gasteiger partial charge in [-0.2, -0.15) is 0 Å². The molecule has 0 radical (unpaired) electrons. The SMILES string of the molecule is COc1ccccc1COCc1cccc(C2=NCCN2)c1. The highest BCUT2D eigenvalue weighted by Crippen LogP contribution is 2.19. The lowest BCUT2D eigenvalue weighted by Gasteiger charge is -2.10. The molecular weight excluding hydrogens is 276 g/mol. The standard InChI is InChI=1S/C18H20N2O2/c1-21-17-8-3-2-6-16(17)13-22-12-14-5-4-7-15(11-14)18-19-9-10-20-18/h2-8,11H,9-10,12-13H2,1H3,(H,19,20). The summed E-state index contributed by atoms with van der Waals surface area (Å²) in [5.74, 6) is 1.84. The number of aliphatic imine (C=N–C) groups is 1. The minimum atomic E-state index is 0.535. The van der Waals surface area contributed by atoms with Crippen LogP contribution in [0.1, 0.15) is 16.7 Å². The Morgan fingerprint density at radius 3 is 2.82 bits per heavy atom. The van der Waals surface area contributed by atoms with E-state index in [-0.39, 0.29) is 0 Å². The monoisotopic (exact) mass is 296 g/mol. The smallest absolute Gasteiger partial charge is 0.128 e. The molecule has 0 saturated carbocycles. The zero-order valence-corrected chi connectivity index (χ0v) is 12.7. The van der Waals surface area contributed by atoms with E-state index < -0.39 is 0 Å². The van der Waals surface area contributed by atoms with Crippen molar-refractivity contribution in [2.45, 2.75) is 13.2 Å². The highest BCUT2D eigenvalue weighted by molar-refractivity contribution is 5.99. The van der Waals surface area contributed by atoms with E-state index in [1.54, 1.807) is 7.11 Å². The summed E-state index contributed by atoms with van der Waals surface area (Å²) in [5.41, 5.74) is 3.32. The second-order valence-electron chi connectivity index (χ2n) is 5.16. The number of hydrogen-bond acceptors (Lipinski definition) is 4. The highest BCUT2D eigenvalue weighted by atomic mass is 16.5. The highest BCUT2D eigenvalue weighted by Gasteiger charge is 2.08. The zero-order chi connectivity index (χ0) is 15.2. The van der Waals surface area contributed by atoms with Crippen molar-refractivity contribution >= 4 is 5.84 Å². The topological polar surface area (TPSA) is 42.9 Å². The van der Waals surface area contributed by atoms with Crippen LogP contribution in [0.25, 0.3) is 0 Å². The van der Waals surface area contributed by atoms with Gasteiger partial charge in [0.15, 0.2) is 0 Å². The number of nitrogens with one attached hydrogen (secondary N) is 1. The first-order valence-electron chi connectivity index (χ1n) is 7.44. The number of rotatable bonds is 6. The summed E-state index contributed by atoms with van der Waals surface area (Å²) in [6.07, 6.45) is 0. The van der Waals surface area contributed by atoms with Crippen LogP contribution in [0.2, 0.25) is 0 Å². The van der Waals surface area contributed by atoms with Gasteiger partial charge in [0.05, 0.1) is 26.9 Å². The summed E-state index contributed by atoms with van der Waals surface area (Å²) in [5, 5.41) is 3.29. The molecule has 3 rings (SSSR count). The Kier molecular flexibility index (Phi) is 4.71. The van der Waals surface area contributed by atoms with Crippen molar-refractivity contribution in [1.82, 2.24) is 5.32 Å². The van der Waals surface area contributed by atoms with Gasteiger partial charge in [0.1, 0.15) is 11.6 Å². The fourth-order valence-corrected chi connectivity index (χ4v) is 2.50. The lowest BCUT2D eigenvalue weighted by Crippen LogP contribution is -2.19. The Hall–Kier alpha value is -2.33. The summed E-state index contributed by atoms with van der Waals surface area (Å²) in [4.78, 5) is 4.45. The molecule has 4 nitrogen and oxygen atoms in total. The molecule has 0 spiro atoms. The van der Waals surface area contributed by atoms with Crippen LogP contribution >= 0.6 is 0 Å². The first-order chi connectivity index (χ1) is 10.9. The van der Waals surface area contributed by atoms with Crippen molar-refractivity contribution in [3.8, 4) is 5.75 Å². The molecule has 0 amide bonds. The minimum Gasteiger partial charge on any atom is -0.496 e. The van der Waals surface area contributed by atoms with E-state index in [0.29, 0.717) is 13.2 Å². The van der Waals surface area contributed by atoms with E-state index in [2.05, 4.69) is 28.5 Å². The second-order valence-corrected chi connectivity index (χ2v) is 5.16. The van der Waals surface area contributed by atoms with Crippen LogP contribution in [-0.2, 0) is 18.0 Å². The van der Waals surface area contributed by atoms with Crippen molar-refractivity contribution in [2.75, 3.05) is 20.2 Å². The van der Waals surface area contributed by atoms with Crippen molar-refractivity contribution in [1.29, 1.82) is 0 Å². The molecule has 0 atom stereocenters. The third kappa shape index (κ3) is 3.46. The third-order valence-electron chi connectivity index (χ3n) is 3.59. The summed E-state index contributed by atoms with van der Waals surface area (Å²) in [6, 6.07) is 16.2. The summed E-state index contributed by atoms with van der Waals surface area (Å²) >= 11 is 0. The van der Waals surface area contributed by atoms with Crippen LogP contribution in [0.4, 0.5) is 0 Å². The van der Waals surface area contributed by atoms with Gasteiger partial charge in [-0.3, -0.25) is 4.99 Å². The second kappa shape index (κ2) is 7.09. The number of nitrogens with zero attached hydrogens (tertiary/aromatic N) is 1. The van der Waals surface area contributed by atoms with Gasteiger partial charge in [0.25, 0.3) is 0 Å². The molecule has 2 aromatic rings. The molecule has 114 valence electrons. The molecule has 4 heteroatoms. The number of hydrogen-bond donors (Lipinski definition) is 1. The number of methoxy groups -OCH3 is 1. The lowest BCUT2D eigenvalue weighted by atomic mass is 10.1. The Morgan fingerprint density at radius 1 is 1.09 bits per heavy atom. The van der Waals surface area contributed by atoms with Crippen LogP contribution in [0.5, 0.6) is 5.75 Å². The van der Waals surface area contributed by atoms with Gasteiger partial charge in [0, 0.05) is 17.7 Å². The van der Waals surface area contributed by atoms with Gasteiger partial charge in [-0.25, -0.2) is 0 Å². The van der Waals surface area contributed by atoms with Crippen LogP contribution in [0.3, 0.4) is 0 Å². The fraction of sp³-hybridized carbons (Fsp3) is 0.278. The molecule has 1 N–H and O–H groups in total. The first kappa shape index (κ1) is 14.6. The van der Waals surface area contributed by atoms with Crippen LogP contribution in [-0.4, -0.2) is 26.0 Å². The Balaban J connectivity index is 1.61. The Bertz CT molecular complexity index is 668. The predicted octanol–water partition coefficient (Wildman–Crippen LogP) is 2.76. The zero-order valence-electron chi connectivity index (χ0n) is 12.7. The van der Waals surface area contributed by atoms with E-state index in [1.165, 1.54) is 0 Å². The van der Waals surface area contributed by atoms with Gasteiger partial charge in [-0.15, -0.1) is 0 Å². The number of para-hydroxylation sites is 1. The fourth-order valence-electron chi connectivity index (χ4n) is 2.50. The van der Waals surface area contributed by atoms with E-state index >= 15 is 0 Å². The minimum absolute atomic E-state index is 0.535. The molecule has 0 aromatic heterocycles. The Labute approximate surface area is 130 Å². The maximum Gasteiger partial charge on any atom is 0.128 e. The predicted molar refractivity (Wildman–Crippen MR) is 87.3 cm³/mol. The van der Waals surface area contributed by atoms with Gasteiger partial charge in [-0.1, -0.05) is 36.4 Å². The molecule has 22 heavy (non-hydrogen) atoms. The summed E-state index contributed by atoms with van der Waals surface area (Å²) in [6.45, 7) is 2.88. The molecule has 0 bridgehead atoms. The average molecular weight is 296 g/mol. The first-order valence-corrected chi connectivity index (χ1v) is 7.44. The number of amidine groups is 1. The van der Waals surface area contributed by atoms with Crippen molar-refractivity contribution in [2.24, 2.45) is 4.99 Å². The molecule has 1 aliphatic heterocycles. The van der Waals surface area contributed by atoms with Crippen LogP contribution < -0.4 is 10.1 Å². The maximum absolute atomic E-state index is 5.83. The van der Waals surface area contributed by atoms with E-state index in [4.69, 9.17) is 9.47 Å². The quantitative estimate of drug-likeness (QED) is 0.891. The lowest BCUT2D eigenvalue weighted by molar-refractivity contribution is 0.105. The van der Waals surface area contributed by atoms with Gasteiger partial charge < -0.3 is 14.8 Å². The van der Waals surface area contributed by atoms with E-state index in [1.807, 2.05) is 30.3 Å². The van der Waals surface area contributed by atoms with E-state index in [9.17, 15) is 0 Å². The third-order valence-corrected chi connectivity index (χ3v) is 3.59. The maximum atomic E-state index is 5.83. The molecule has 0 fully saturated rings. The average Bonchev–Trinajstić information content (AvgIpc) is 3.10. The van der Waals surface area contributed by atoms with Gasteiger partial charge >= 0.3 is 0 Å². The van der Waals surface area contributed by atoms with E-state index in [0.717, 1.165) is 41.4 Å². The van der Waals surface area contributed by atoms with Crippen LogP contribution in [0, 0.1) is 0 Å². The van der Waals surface area contributed by atoms with Crippen molar-refractivity contribution < 1.29 is 9.47 Å². The summed E-state index contributed by atoms with van der Waals surface area (Å²) in [7, 11) is 1.68. The molecule has 0 saturated heterocycles. The molecule has 0 unspecified atom stereocenters. The van der Waals surface area contributed by atoms with Gasteiger partial charge in [-0.05, 0) is 17.7 Å². The number of benzene rings is 2. The van der Waals surface area contributed by atoms with Gasteiger partial charge in [0.2, 0.25) is 0 Å². The Morgan fingerprint density at radius 2 is 2.00 bits per heavy atom. The van der Waals surface area contributed by atoms with Crippen molar-refractivity contribution in [3.63, 3.8) is 0 Å². The van der Waals surface area contributed by atoms with Crippen molar-refractivity contribution in [3.05, 3.63) is 65.2 Å². The molecule has 1 heterocycles. The molecule has 0 aliphatic carbocycles. The summed E-state index contributed by atoms with van der Waals surface area (Å²) < 4.78 is 11.2.